The van der Waals surface area contributed by atoms with Crippen molar-refractivity contribution in [1.82, 2.24) is 19.9 Å². The molecule has 0 spiro atoms. The van der Waals surface area contributed by atoms with E-state index in [4.69, 9.17) is 4.74 Å². The molecule has 0 radical (unpaired) electrons. The lowest BCUT2D eigenvalue weighted by atomic mass is 10.1. The van der Waals surface area contributed by atoms with E-state index in [1.807, 2.05) is 23.8 Å². The van der Waals surface area contributed by atoms with E-state index >= 15 is 0 Å². The predicted octanol–water partition coefficient (Wildman–Crippen LogP) is 2.26. The number of aryl methyl sites for hydroxylation is 2. The van der Waals surface area contributed by atoms with Crippen molar-refractivity contribution in [2.24, 2.45) is 0 Å². The van der Waals surface area contributed by atoms with Gasteiger partial charge in [0.2, 0.25) is 0 Å². The van der Waals surface area contributed by atoms with Crippen LogP contribution in [0.15, 0.2) is 30.7 Å². The average molecular weight is 315 g/mol. The van der Waals surface area contributed by atoms with Crippen molar-refractivity contribution < 1.29 is 9.53 Å². The largest absolute Gasteiger partial charge is 0.368 e. The zero-order valence-electron chi connectivity index (χ0n) is 13.3. The highest BCUT2D eigenvalue weighted by Crippen LogP contribution is 2.28. The summed E-state index contributed by atoms with van der Waals surface area (Å²) in [5.41, 5.74) is 1.58. The number of aromatic nitrogens is 3. The van der Waals surface area contributed by atoms with Crippen LogP contribution in [0.2, 0.25) is 0 Å². The van der Waals surface area contributed by atoms with Crippen LogP contribution in [0.3, 0.4) is 0 Å². The fourth-order valence-corrected chi connectivity index (χ4v) is 2.80. The molecule has 3 rings (SSSR count). The number of anilines is 1. The number of amides is 2. The van der Waals surface area contributed by atoms with Crippen LogP contribution in [0.1, 0.15) is 31.0 Å². The maximum absolute atomic E-state index is 12.2. The molecule has 1 saturated heterocycles. The van der Waals surface area contributed by atoms with Gasteiger partial charge >= 0.3 is 6.03 Å². The molecule has 2 N–H and O–H groups in total. The molecule has 1 fully saturated rings. The van der Waals surface area contributed by atoms with E-state index < -0.39 is 0 Å². The molecule has 2 aromatic heterocycles. The highest BCUT2D eigenvalue weighted by Gasteiger charge is 2.33. The lowest BCUT2D eigenvalue weighted by Gasteiger charge is -2.20. The summed E-state index contributed by atoms with van der Waals surface area (Å²) in [7, 11) is 0. The van der Waals surface area contributed by atoms with Gasteiger partial charge in [0, 0.05) is 43.1 Å². The first kappa shape index (κ1) is 15.5. The first-order chi connectivity index (χ1) is 11.2. The van der Waals surface area contributed by atoms with Crippen LogP contribution < -0.4 is 10.6 Å². The molecule has 0 aromatic carbocycles. The third kappa shape index (κ3) is 3.50. The topological polar surface area (TPSA) is 81.1 Å². The molecule has 0 saturated carbocycles. The lowest BCUT2D eigenvalue weighted by molar-refractivity contribution is 0.0906. The summed E-state index contributed by atoms with van der Waals surface area (Å²) in [6.07, 6.45) is 5.91. The van der Waals surface area contributed by atoms with Gasteiger partial charge < -0.3 is 19.9 Å². The van der Waals surface area contributed by atoms with E-state index in [9.17, 15) is 4.79 Å². The smallest absolute Gasteiger partial charge is 0.319 e. The molecular weight excluding hydrogens is 294 g/mol. The molecule has 0 bridgehead atoms. The van der Waals surface area contributed by atoms with Crippen LogP contribution >= 0.6 is 0 Å². The van der Waals surface area contributed by atoms with Crippen molar-refractivity contribution in [2.75, 3.05) is 11.9 Å². The van der Waals surface area contributed by atoms with Crippen molar-refractivity contribution >= 4 is 11.7 Å². The SMILES string of the molecule is CCn1ccnc1[C@H]1OCC[C@@H]1NC(=O)Nc1ccnc(C)c1. The van der Waals surface area contributed by atoms with E-state index in [0.29, 0.717) is 6.61 Å². The Bertz CT molecular complexity index is 685. The zero-order chi connectivity index (χ0) is 16.2. The highest BCUT2D eigenvalue weighted by atomic mass is 16.5. The van der Waals surface area contributed by atoms with Crippen LogP contribution in [-0.4, -0.2) is 33.2 Å². The Labute approximate surface area is 135 Å². The van der Waals surface area contributed by atoms with Gasteiger partial charge in [-0.2, -0.15) is 0 Å². The Morgan fingerprint density at radius 3 is 3.09 bits per heavy atom. The Kier molecular flexibility index (Phi) is 4.57. The lowest BCUT2D eigenvalue weighted by Crippen LogP contribution is -2.40. The molecule has 2 aromatic rings. The van der Waals surface area contributed by atoms with Crippen LogP contribution in [-0.2, 0) is 11.3 Å². The molecule has 0 unspecified atom stereocenters. The van der Waals surface area contributed by atoms with Crippen molar-refractivity contribution in [3.05, 3.63) is 42.2 Å². The van der Waals surface area contributed by atoms with Gasteiger partial charge in [-0.05, 0) is 32.4 Å². The Hall–Kier alpha value is -2.41. The van der Waals surface area contributed by atoms with Crippen LogP contribution in [0.5, 0.6) is 0 Å². The van der Waals surface area contributed by atoms with E-state index in [1.165, 1.54) is 0 Å². The number of nitrogens with zero attached hydrogens (tertiary/aromatic N) is 3. The van der Waals surface area contributed by atoms with Gasteiger partial charge in [-0.1, -0.05) is 0 Å². The highest BCUT2D eigenvalue weighted by molar-refractivity contribution is 5.89. The molecule has 23 heavy (non-hydrogen) atoms. The van der Waals surface area contributed by atoms with E-state index in [2.05, 4.69) is 27.5 Å². The molecule has 122 valence electrons. The van der Waals surface area contributed by atoms with Gasteiger partial charge in [0.25, 0.3) is 0 Å². The summed E-state index contributed by atoms with van der Waals surface area (Å²) < 4.78 is 7.82. The third-order valence-corrected chi connectivity index (χ3v) is 3.91. The minimum absolute atomic E-state index is 0.0920. The maximum Gasteiger partial charge on any atom is 0.319 e. The number of ether oxygens (including phenoxy) is 1. The quantitative estimate of drug-likeness (QED) is 0.907. The fraction of sp³-hybridized carbons (Fsp3) is 0.438. The number of pyridine rings is 1. The van der Waals surface area contributed by atoms with Crippen molar-refractivity contribution in [3.63, 3.8) is 0 Å². The van der Waals surface area contributed by atoms with E-state index in [-0.39, 0.29) is 18.2 Å². The zero-order valence-corrected chi connectivity index (χ0v) is 13.3. The number of carbonyl (C=O) groups excluding carboxylic acids is 1. The summed E-state index contributed by atoms with van der Waals surface area (Å²) in [6, 6.07) is 3.25. The van der Waals surface area contributed by atoms with Gasteiger partial charge in [-0.25, -0.2) is 9.78 Å². The summed E-state index contributed by atoms with van der Waals surface area (Å²) >= 11 is 0. The minimum atomic E-state index is -0.245. The first-order valence-corrected chi connectivity index (χ1v) is 7.80. The van der Waals surface area contributed by atoms with Crippen molar-refractivity contribution in [3.8, 4) is 0 Å². The molecule has 1 aliphatic rings. The Morgan fingerprint density at radius 2 is 2.30 bits per heavy atom. The number of hydrogen-bond donors (Lipinski definition) is 2. The van der Waals surface area contributed by atoms with Crippen LogP contribution in [0, 0.1) is 6.92 Å². The molecule has 7 heteroatoms. The number of urea groups is 1. The van der Waals surface area contributed by atoms with E-state index in [0.717, 1.165) is 30.2 Å². The second kappa shape index (κ2) is 6.78. The Balaban J connectivity index is 1.65. The number of rotatable bonds is 4. The van der Waals surface area contributed by atoms with Crippen molar-refractivity contribution in [2.45, 2.75) is 39.0 Å². The van der Waals surface area contributed by atoms with Gasteiger partial charge in [0.1, 0.15) is 11.9 Å². The molecule has 3 heterocycles. The summed E-state index contributed by atoms with van der Waals surface area (Å²) in [4.78, 5) is 20.7. The van der Waals surface area contributed by atoms with Crippen molar-refractivity contribution in [1.29, 1.82) is 0 Å². The molecule has 2 amide bonds. The molecule has 7 nitrogen and oxygen atoms in total. The van der Waals surface area contributed by atoms with Gasteiger partial charge in [-0.15, -0.1) is 0 Å². The summed E-state index contributed by atoms with van der Waals surface area (Å²) in [6.45, 7) is 5.38. The number of imidazole rings is 1. The minimum Gasteiger partial charge on any atom is -0.368 e. The molecule has 1 aliphatic heterocycles. The monoisotopic (exact) mass is 315 g/mol. The molecule has 2 atom stereocenters. The van der Waals surface area contributed by atoms with Crippen LogP contribution in [0.25, 0.3) is 0 Å². The number of carbonyl (C=O) groups is 1. The van der Waals surface area contributed by atoms with Crippen LogP contribution in [0.4, 0.5) is 10.5 Å². The normalized spacial score (nSPS) is 20.4. The van der Waals surface area contributed by atoms with E-state index in [1.54, 1.807) is 18.5 Å². The maximum atomic E-state index is 12.2. The summed E-state index contributed by atoms with van der Waals surface area (Å²) in [5.74, 6) is 0.857. The summed E-state index contributed by atoms with van der Waals surface area (Å²) in [5, 5.41) is 5.82. The number of hydrogen-bond acceptors (Lipinski definition) is 4. The van der Waals surface area contributed by atoms with Gasteiger partial charge in [-0.3, -0.25) is 4.98 Å². The second-order valence-electron chi connectivity index (χ2n) is 5.54. The fourth-order valence-electron chi connectivity index (χ4n) is 2.80. The number of nitrogens with one attached hydrogen (secondary N) is 2. The Morgan fingerprint density at radius 1 is 1.43 bits per heavy atom. The molecular formula is C16H21N5O2. The van der Waals surface area contributed by atoms with Gasteiger partial charge in [0.05, 0.1) is 6.04 Å². The second-order valence-corrected chi connectivity index (χ2v) is 5.54. The first-order valence-electron chi connectivity index (χ1n) is 7.80. The average Bonchev–Trinajstić information content (AvgIpc) is 3.15. The third-order valence-electron chi connectivity index (χ3n) is 3.91. The molecule has 0 aliphatic carbocycles. The standard InChI is InChI=1S/C16H21N5O2/c1-3-21-8-7-18-15(21)14-13(5-9-23-14)20-16(22)19-12-4-6-17-11(2)10-12/h4,6-8,10,13-14H,3,5,9H2,1-2H3,(H2,17,19,20,22)/t13-,14-/m0/s1. The van der Waals surface area contributed by atoms with Gasteiger partial charge in [0.15, 0.2) is 0 Å². The predicted molar refractivity (Wildman–Crippen MR) is 86.1 cm³/mol.